The van der Waals surface area contributed by atoms with E-state index in [0.29, 0.717) is 22.3 Å². The summed E-state index contributed by atoms with van der Waals surface area (Å²) in [5.74, 6) is 1.75. The lowest BCUT2D eigenvalue weighted by atomic mass is 10.0. The van der Waals surface area contributed by atoms with Crippen LogP contribution in [-0.4, -0.2) is 40.0 Å². The van der Waals surface area contributed by atoms with Gasteiger partial charge in [-0.25, -0.2) is 15.0 Å². The molecule has 0 atom stereocenters. The number of rotatable bonds is 6. The van der Waals surface area contributed by atoms with E-state index >= 15 is 0 Å². The number of carbonyl (C=O) groups is 1. The van der Waals surface area contributed by atoms with E-state index in [4.69, 9.17) is 4.42 Å². The minimum atomic E-state index is -0.165. The van der Waals surface area contributed by atoms with Crippen LogP contribution in [0.25, 0.3) is 11.0 Å². The molecule has 0 saturated carbocycles. The van der Waals surface area contributed by atoms with E-state index < -0.39 is 0 Å². The summed E-state index contributed by atoms with van der Waals surface area (Å²) in [6, 6.07) is 15.6. The fraction of sp³-hybridized carbons (Fsp3) is 0.250. The van der Waals surface area contributed by atoms with E-state index in [2.05, 4.69) is 25.2 Å². The van der Waals surface area contributed by atoms with Gasteiger partial charge >= 0.3 is 0 Å². The summed E-state index contributed by atoms with van der Waals surface area (Å²) in [6.07, 6.45) is 6.97. The van der Waals surface area contributed by atoms with Gasteiger partial charge < -0.3 is 14.6 Å². The molecule has 1 N–H and O–H groups in total. The highest BCUT2D eigenvalue weighted by molar-refractivity contribution is 7.98. The smallest absolute Gasteiger partial charge is 0.287 e. The largest absolute Gasteiger partial charge is 0.451 e. The van der Waals surface area contributed by atoms with E-state index in [-0.39, 0.29) is 11.9 Å². The summed E-state index contributed by atoms with van der Waals surface area (Å²) in [6.45, 7) is 1.71. The van der Waals surface area contributed by atoms with Crippen LogP contribution in [-0.2, 0) is 5.75 Å². The van der Waals surface area contributed by atoms with E-state index in [0.717, 1.165) is 42.7 Å². The molecule has 162 valence electrons. The molecule has 1 aliphatic heterocycles. The second-order valence-corrected chi connectivity index (χ2v) is 8.59. The number of hydrogen-bond donors (Lipinski definition) is 1. The van der Waals surface area contributed by atoms with Crippen molar-refractivity contribution in [3.05, 3.63) is 78.4 Å². The number of amides is 1. The van der Waals surface area contributed by atoms with Gasteiger partial charge in [0.2, 0.25) is 0 Å². The van der Waals surface area contributed by atoms with Crippen LogP contribution in [0, 0.1) is 0 Å². The van der Waals surface area contributed by atoms with E-state index in [9.17, 15) is 4.79 Å². The van der Waals surface area contributed by atoms with Crippen LogP contribution >= 0.6 is 11.8 Å². The topological polar surface area (TPSA) is 84.2 Å². The van der Waals surface area contributed by atoms with Crippen LogP contribution in [0.15, 0.2) is 76.7 Å². The molecule has 1 saturated heterocycles. The van der Waals surface area contributed by atoms with E-state index in [1.165, 1.54) is 11.8 Å². The van der Waals surface area contributed by atoms with Crippen molar-refractivity contribution in [2.45, 2.75) is 29.8 Å². The number of anilines is 1. The van der Waals surface area contributed by atoms with Crippen LogP contribution in [0.4, 0.5) is 5.82 Å². The van der Waals surface area contributed by atoms with Gasteiger partial charge in [0, 0.05) is 54.4 Å². The Hall–Kier alpha value is -3.39. The number of furan rings is 1. The first kappa shape index (κ1) is 20.5. The van der Waals surface area contributed by atoms with Gasteiger partial charge in [-0.3, -0.25) is 4.79 Å². The predicted octanol–water partition coefficient (Wildman–Crippen LogP) is 4.31. The third-order valence-electron chi connectivity index (χ3n) is 5.60. The third-order valence-corrected chi connectivity index (χ3v) is 6.50. The summed E-state index contributed by atoms with van der Waals surface area (Å²) < 4.78 is 5.99. The number of benzene rings is 1. The molecule has 0 unspecified atom stereocenters. The van der Waals surface area contributed by atoms with Crippen molar-refractivity contribution in [2.75, 3.05) is 18.0 Å². The predicted molar refractivity (Wildman–Crippen MR) is 125 cm³/mol. The first-order valence-corrected chi connectivity index (χ1v) is 11.6. The number of fused-ring (bicyclic) bond motifs is 1. The lowest BCUT2D eigenvalue weighted by molar-refractivity contribution is 0.0904. The minimum Gasteiger partial charge on any atom is -0.451 e. The van der Waals surface area contributed by atoms with Gasteiger partial charge in [0.05, 0.1) is 0 Å². The highest BCUT2D eigenvalue weighted by atomic mass is 32.2. The molecular formula is C24H23N5O2S. The maximum atomic E-state index is 13.2. The lowest BCUT2D eigenvalue weighted by Gasteiger charge is -2.33. The van der Waals surface area contributed by atoms with Crippen molar-refractivity contribution in [1.29, 1.82) is 0 Å². The van der Waals surface area contributed by atoms with Crippen molar-refractivity contribution in [3.8, 4) is 0 Å². The summed E-state index contributed by atoms with van der Waals surface area (Å²) in [5, 5.41) is 4.81. The zero-order chi connectivity index (χ0) is 21.8. The normalized spacial score (nSPS) is 14.6. The number of piperidine rings is 1. The number of nitrogens with one attached hydrogen (secondary N) is 1. The fourth-order valence-corrected chi connectivity index (χ4v) is 4.80. The summed E-state index contributed by atoms with van der Waals surface area (Å²) in [7, 11) is 0. The number of hydrogen-bond acceptors (Lipinski definition) is 7. The maximum absolute atomic E-state index is 13.2. The number of nitrogens with zero attached hydrogens (tertiary/aromatic N) is 4. The monoisotopic (exact) mass is 445 g/mol. The van der Waals surface area contributed by atoms with Crippen molar-refractivity contribution < 1.29 is 9.21 Å². The summed E-state index contributed by atoms with van der Waals surface area (Å²) in [5.41, 5.74) is 1.59. The van der Waals surface area contributed by atoms with Crippen LogP contribution in [0.3, 0.4) is 0 Å². The maximum Gasteiger partial charge on any atom is 0.287 e. The second kappa shape index (κ2) is 9.40. The standard InChI is InChI=1S/C24H23N5O2S/c30-23(28-17-9-14-29(15-10-17)21-8-3-4-11-25-21)22-19(16-32-24-26-12-5-13-27-24)18-6-1-2-7-20(18)31-22/h1-8,11-13,17H,9-10,14-16H2,(H,28,30). The number of para-hydroxylation sites is 1. The molecule has 0 aliphatic carbocycles. The van der Waals surface area contributed by atoms with Gasteiger partial charge in [-0.1, -0.05) is 36.0 Å². The Morgan fingerprint density at radius 1 is 1.00 bits per heavy atom. The number of pyridine rings is 1. The molecule has 1 amide bonds. The third kappa shape index (κ3) is 4.45. The molecule has 4 aromatic rings. The van der Waals surface area contributed by atoms with Crippen molar-refractivity contribution in [3.63, 3.8) is 0 Å². The Kier molecular flexibility index (Phi) is 6.02. The van der Waals surface area contributed by atoms with Crippen LogP contribution < -0.4 is 10.2 Å². The van der Waals surface area contributed by atoms with Crippen molar-refractivity contribution in [1.82, 2.24) is 20.3 Å². The van der Waals surface area contributed by atoms with Crippen LogP contribution in [0.5, 0.6) is 0 Å². The Labute approximate surface area is 190 Å². The molecule has 5 rings (SSSR count). The van der Waals surface area contributed by atoms with E-state index in [1.54, 1.807) is 18.5 Å². The van der Waals surface area contributed by atoms with Crippen molar-refractivity contribution >= 4 is 34.5 Å². The number of thioether (sulfide) groups is 1. The Balaban J connectivity index is 1.29. The summed E-state index contributed by atoms with van der Waals surface area (Å²) in [4.78, 5) is 28.4. The molecule has 1 aliphatic rings. The average Bonchev–Trinajstić information content (AvgIpc) is 3.23. The molecule has 3 aromatic heterocycles. The van der Waals surface area contributed by atoms with Crippen molar-refractivity contribution in [2.24, 2.45) is 0 Å². The van der Waals surface area contributed by atoms with Gasteiger partial charge in [-0.15, -0.1) is 0 Å². The Bertz CT molecular complexity index is 1190. The Morgan fingerprint density at radius 2 is 1.75 bits per heavy atom. The molecular weight excluding hydrogens is 422 g/mol. The minimum absolute atomic E-state index is 0.105. The van der Waals surface area contributed by atoms with Gasteiger partial charge in [0.15, 0.2) is 10.9 Å². The molecule has 8 heteroatoms. The first-order chi connectivity index (χ1) is 15.8. The number of carbonyl (C=O) groups excluding carboxylic acids is 1. The highest BCUT2D eigenvalue weighted by Gasteiger charge is 2.26. The zero-order valence-corrected chi connectivity index (χ0v) is 18.3. The molecule has 4 heterocycles. The lowest BCUT2D eigenvalue weighted by Crippen LogP contribution is -2.45. The molecule has 1 aromatic carbocycles. The second-order valence-electron chi connectivity index (χ2n) is 7.65. The van der Waals surface area contributed by atoms with Gasteiger partial charge in [-0.05, 0) is 37.1 Å². The van der Waals surface area contributed by atoms with Gasteiger partial charge in [0.1, 0.15) is 11.4 Å². The highest BCUT2D eigenvalue weighted by Crippen LogP contribution is 2.31. The molecule has 32 heavy (non-hydrogen) atoms. The molecule has 0 radical (unpaired) electrons. The molecule has 1 fully saturated rings. The van der Waals surface area contributed by atoms with E-state index in [1.807, 2.05) is 48.7 Å². The molecule has 0 spiro atoms. The first-order valence-electron chi connectivity index (χ1n) is 10.6. The van der Waals surface area contributed by atoms with Crippen LogP contribution in [0.2, 0.25) is 0 Å². The zero-order valence-electron chi connectivity index (χ0n) is 17.5. The molecule has 0 bridgehead atoms. The fourth-order valence-electron chi connectivity index (χ4n) is 3.97. The van der Waals surface area contributed by atoms with Gasteiger partial charge in [0.25, 0.3) is 5.91 Å². The SMILES string of the molecule is O=C(NC1CCN(c2ccccn2)CC1)c1oc2ccccc2c1CSc1ncccn1. The van der Waals surface area contributed by atoms with Crippen LogP contribution in [0.1, 0.15) is 29.0 Å². The van der Waals surface area contributed by atoms with Gasteiger partial charge in [-0.2, -0.15) is 0 Å². The summed E-state index contributed by atoms with van der Waals surface area (Å²) >= 11 is 1.49. The quantitative estimate of drug-likeness (QED) is 0.350. The average molecular weight is 446 g/mol. The Morgan fingerprint density at radius 3 is 2.53 bits per heavy atom. The molecule has 7 nitrogen and oxygen atoms in total. The number of aromatic nitrogens is 3.